The third-order valence-electron chi connectivity index (χ3n) is 2.99. The van der Waals surface area contributed by atoms with Crippen LogP contribution in [0.4, 0.5) is 0 Å². The van der Waals surface area contributed by atoms with Crippen LogP contribution in [0, 0.1) is 5.92 Å². The van der Waals surface area contributed by atoms with Crippen LogP contribution in [-0.2, 0) is 6.54 Å². The van der Waals surface area contributed by atoms with Crippen molar-refractivity contribution in [2.45, 2.75) is 53.0 Å². The van der Waals surface area contributed by atoms with Crippen molar-refractivity contribution in [3.05, 3.63) is 22.8 Å². The molecule has 0 aliphatic rings. The van der Waals surface area contributed by atoms with E-state index in [1.807, 2.05) is 12.1 Å². The molecule has 0 amide bonds. The van der Waals surface area contributed by atoms with Gasteiger partial charge in [0.15, 0.2) is 0 Å². The van der Waals surface area contributed by atoms with Crippen molar-refractivity contribution in [2.75, 3.05) is 13.2 Å². The minimum Gasteiger partial charge on any atom is -0.478 e. The number of unbranched alkanes of at least 4 members (excludes halogenated alkanes) is 3. The molecule has 0 unspecified atom stereocenters. The fourth-order valence-corrected chi connectivity index (χ4v) is 2.03. The Hall–Kier alpha value is -0.800. The van der Waals surface area contributed by atoms with E-state index in [4.69, 9.17) is 16.3 Å². The molecule has 1 rings (SSSR count). The van der Waals surface area contributed by atoms with Crippen molar-refractivity contribution in [3.63, 3.8) is 0 Å². The first-order chi connectivity index (χ1) is 9.63. The first-order valence-electron chi connectivity index (χ1n) is 7.62. The Bertz CT molecular complexity index is 383. The van der Waals surface area contributed by atoms with E-state index in [0.717, 1.165) is 25.3 Å². The standard InChI is InChI=1S/C16H27ClN2O/c1-4-5-6-7-10-20-16-9-8-14(17)15(19-16)12-18-11-13(2)3/h8-9,13,18H,4-7,10-12H2,1-3H3. The van der Waals surface area contributed by atoms with E-state index in [0.29, 0.717) is 23.4 Å². The summed E-state index contributed by atoms with van der Waals surface area (Å²) < 4.78 is 5.68. The zero-order chi connectivity index (χ0) is 14.8. The van der Waals surface area contributed by atoms with Gasteiger partial charge in [-0.3, -0.25) is 0 Å². The molecule has 4 heteroatoms. The number of ether oxygens (including phenoxy) is 1. The second-order valence-corrected chi connectivity index (χ2v) is 5.92. The molecule has 0 saturated heterocycles. The van der Waals surface area contributed by atoms with Crippen molar-refractivity contribution >= 4 is 11.6 Å². The topological polar surface area (TPSA) is 34.1 Å². The number of pyridine rings is 1. The van der Waals surface area contributed by atoms with E-state index >= 15 is 0 Å². The maximum atomic E-state index is 6.16. The van der Waals surface area contributed by atoms with E-state index in [1.165, 1.54) is 19.3 Å². The van der Waals surface area contributed by atoms with Crippen LogP contribution in [-0.4, -0.2) is 18.1 Å². The third kappa shape index (κ3) is 7.11. The zero-order valence-corrected chi connectivity index (χ0v) is 13.7. The summed E-state index contributed by atoms with van der Waals surface area (Å²) in [5, 5.41) is 4.04. The van der Waals surface area contributed by atoms with Gasteiger partial charge < -0.3 is 10.1 Å². The summed E-state index contributed by atoms with van der Waals surface area (Å²) in [4.78, 5) is 4.47. The van der Waals surface area contributed by atoms with Gasteiger partial charge in [0.2, 0.25) is 5.88 Å². The first-order valence-corrected chi connectivity index (χ1v) is 8.00. The summed E-state index contributed by atoms with van der Waals surface area (Å²) in [5.74, 6) is 1.29. The average molecular weight is 299 g/mol. The number of nitrogens with one attached hydrogen (secondary N) is 1. The third-order valence-corrected chi connectivity index (χ3v) is 3.33. The molecule has 114 valence electrons. The van der Waals surface area contributed by atoms with Crippen molar-refractivity contribution in [1.82, 2.24) is 10.3 Å². The van der Waals surface area contributed by atoms with Gasteiger partial charge in [0.1, 0.15) is 0 Å². The minimum atomic E-state index is 0.617. The summed E-state index contributed by atoms with van der Waals surface area (Å²) in [5.41, 5.74) is 0.860. The summed E-state index contributed by atoms with van der Waals surface area (Å²) >= 11 is 6.16. The highest BCUT2D eigenvalue weighted by Crippen LogP contribution is 2.18. The smallest absolute Gasteiger partial charge is 0.213 e. The molecular formula is C16H27ClN2O. The van der Waals surface area contributed by atoms with Crippen LogP contribution < -0.4 is 10.1 Å². The molecule has 0 aliphatic heterocycles. The van der Waals surface area contributed by atoms with Crippen molar-refractivity contribution in [2.24, 2.45) is 5.92 Å². The molecule has 1 aromatic rings. The lowest BCUT2D eigenvalue weighted by atomic mass is 10.2. The Balaban J connectivity index is 2.40. The number of rotatable bonds is 10. The molecule has 1 heterocycles. The predicted molar refractivity (Wildman–Crippen MR) is 85.4 cm³/mol. The molecular weight excluding hydrogens is 272 g/mol. The van der Waals surface area contributed by atoms with Crippen LogP contribution in [0.25, 0.3) is 0 Å². The fraction of sp³-hybridized carbons (Fsp3) is 0.688. The van der Waals surface area contributed by atoms with E-state index in [1.54, 1.807) is 0 Å². The monoisotopic (exact) mass is 298 g/mol. The van der Waals surface area contributed by atoms with Gasteiger partial charge in [-0.15, -0.1) is 0 Å². The Labute approximate surface area is 128 Å². The zero-order valence-electron chi connectivity index (χ0n) is 12.9. The second kappa shape index (κ2) is 10.0. The number of hydrogen-bond donors (Lipinski definition) is 1. The Kier molecular flexibility index (Phi) is 8.63. The van der Waals surface area contributed by atoms with Gasteiger partial charge in [0.25, 0.3) is 0 Å². The number of halogens is 1. The summed E-state index contributed by atoms with van der Waals surface area (Å²) in [7, 11) is 0. The molecule has 0 aromatic carbocycles. The maximum absolute atomic E-state index is 6.16. The van der Waals surface area contributed by atoms with Crippen LogP contribution in [0.15, 0.2) is 12.1 Å². The fourth-order valence-electron chi connectivity index (χ4n) is 1.85. The molecule has 20 heavy (non-hydrogen) atoms. The Morgan fingerprint density at radius 2 is 2.05 bits per heavy atom. The molecule has 1 aromatic heterocycles. The lowest BCUT2D eigenvalue weighted by Gasteiger charge is -2.10. The number of hydrogen-bond acceptors (Lipinski definition) is 3. The summed E-state index contributed by atoms with van der Waals surface area (Å²) in [6.45, 7) is 8.94. The van der Waals surface area contributed by atoms with E-state index in [2.05, 4.69) is 31.1 Å². The molecule has 0 spiro atoms. The second-order valence-electron chi connectivity index (χ2n) is 5.51. The lowest BCUT2D eigenvalue weighted by Crippen LogP contribution is -2.20. The highest BCUT2D eigenvalue weighted by Gasteiger charge is 2.05. The molecule has 0 saturated carbocycles. The molecule has 0 bridgehead atoms. The van der Waals surface area contributed by atoms with Gasteiger partial charge in [0, 0.05) is 12.6 Å². The quantitative estimate of drug-likeness (QED) is 0.648. The SMILES string of the molecule is CCCCCCOc1ccc(Cl)c(CNCC(C)C)n1. The minimum absolute atomic E-state index is 0.617. The number of nitrogens with zero attached hydrogens (tertiary/aromatic N) is 1. The highest BCUT2D eigenvalue weighted by atomic mass is 35.5. The van der Waals surface area contributed by atoms with E-state index < -0.39 is 0 Å². The lowest BCUT2D eigenvalue weighted by molar-refractivity contribution is 0.293. The van der Waals surface area contributed by atoms with E-state index in [9.17, 15) is 0 Å². The molecule has 1 N–H and O–H groups in total. The Morgan fingerprint density at radius 1 is 1.25 bits per heavy atom. The largest absolute Gasteiger partial charge is 0.478 e. The number of aromatic nitrogens is 1. The van der Waals surface area contributed by atoms with E-state index in [-0.39, 0.29) is 0 Å². The van der Waals surface area contributed by atoms with Gasteiger partial charge in [0.05, 0.1) is 17.3 Å². The van der Waals surface area contributed by atoms with Crippen LogP contribution >= 0.6 is 11.6 Å². The van der Waals surface area contributed by atoms with Gasteiger partial charge in [-0.1, -0.05) is 51.6 Å². The van der Waals surface area contributed by atoms with Gasteiger partial charge >= 0.3 is 0 Å². The first kappa shape index (κ1) is 17.3. The predicted octanol–water partition coefficient (Wildman–Crippen LogP) is 4.44. The van der Waals surface area contributed by atoms with Crippen LogP contribution in [0.3, 0.4) is 0 Å². The molecule has 0 aliphatic carbocycles. The Morgan fingerprint density at radius 3 is 2.75 bits per heavy atom. The molecule has 0 fully saturated rings. The van der Waals surface area contributed by atoms with Crippen LogP contribution in [0.2, 0.25) is 5.02 Å². The molecule has 0 radical (unpaired) electrons. The average Bonchev–Trinajstić information content (AvgIpc) is 2.41. The van der Waals surface area contributed by atoms with Crippen LogP contribution in [0.1, 0.15) is 52.1 Å². The highest BCUT2D eigenvalue weighted by molar-refractivity contribution is 6.31. The van der Waals surface area contributed by atoms with Crippen molar-refractivity contribution in [1.29, 1.82) is 0 Å². The maximum Gasteiger partial charge on any atom is 0.213 e. The molecule has 0 atom stereocenters. The van der Waals surface area contributed by atoms with Gasteiger partial charge in [-0.25, -0.2) is 4.98 Å². The van der Waals surface area contributed by atoms with Gasteiger partial charge in [-0.2, -0.15) is 0 Å². The normalized spacial score (nSPS) is 11.1. The summed E-state index contributed by atoms with van der Waals surface area (Å²) in [6, 6.07) is 3.70. The van der Waals surface area contributed by atoms with Gasteiger partial charge in [-0.05, 0) is 24.9 Å². The van der Waals surface area contributed by atoms with Crippen molar-refractivity contribution < 1.29 is 4.74 Å². The van der Waals surface area contributed by atoms with Crippen LogP contribution in [0.5, 0.6) is 5.88 Å². The van der Waals surface area contributed by atoms with Crippen molar-refractivity contribution in [3.8, 4) is 5.88 Å². The molecule has 3 nitrogen and oxygen atoms in total. The summed E-state index contributed by atoms with van der Waals surface area (Å²) in [6.07, 6.45) is 4.80.